The Balaban J connectivity index is 2.23. The maximum Gasteiger partial charge on any atom is 0.405 e. The Hall–Kier alpha value is -1.77. The number of nitriles is 1. The van der Waals surface area contributed by atoms with Gasteiger partial charge in [0.05, 0.1) is 0 Å². The van der Waals surface area contributed by atoms with Crippen molar-refractivity contribution in [2.24, 2.45) is 0 Å². The lowest BCUT2D eigenvalue weighted by atomic mass is 10.3. The molecular formula is C11H10F3N3. The van der Waals surface area contributed by atoms with E-state index in [4.69, 9.17) is 5.26 Å². The predicted molar refractivity (Wildman–Crippen MR) is 55.4 cm³/mol. The molecule has 0 radical (unpaired) electrons. The van der Waals surface area contributed by atoms with Gasteiger partial charge in [0.15, 0.2) is 0 Å². The highest BCUT2D eigenvalue weighted by molar-refractivity contribution is 5.44. The number of aromatic nitrogens is 1. The first kappa shape index (κ1) is 11.7. The SMILES string of the molecule is N#Cc1cccc(N(CC(F)(F)F)C2CC2)n1. The summed E-state index contributed by atoms with van der Waals surface area (Å²) in [5.41, 5.74) is 0.135. The highest BCUT2D eigenvalue weighted by atomic mass is 19.4. The molecule has 2 rings (SSSR count). The molecule has 6 heteroatoms. The van der Waals surface area contributed by atoms with Crippen molar-refractivity contribution in [3.63, 3.8) is 0 Å². The van der Waals surface area contributed by atoms with E-state index in [9.17, 15) is 13.2 Å². The first-order valence-electron chi connectivity index (χ1n) is 5.20. The normalized spacial score (nSPS) is 15.4. The quantitative estimate of drug-likeness (QED) is 0.816. The molecule has 1 aromatic heterocycles. The first-order valence-corrected chi connectivity index (χ1v) is 5.20. The Morgan fingerprint density at radius 3 is 2.65 bits per heavy atom. The summed E-state index contributed by atoms with van der Waals surface area (Å²) < 4.78 is 37.3. The molecule has 0 aliphatic heterocycles. The summed E-state index contributed by atoms with van der Waals surface area (Å²) in [5.74, 6) is 0.226. The van der Waals surface area contributed by atoms with Gasteiger partial charge in [0.2, 0.25) is 0 Å². The van der Waals surface area contributed by atoms with E-state index in [0.717, 1.165) is 12.8 Å². The number of halogens is 3. The van der Waals surface area contributed by atoms with Crippen LogP contribution in [-0.4, -0.2) is 23.7 Å². The highest BCUT2D eigenvalue weighted by Crippen LogP contribution is 2.33. The summed E-state index contributed by atoms with van der Waals surface area (Å²) in [5, 5.41) is 8.68. The van der Waals surface area contributed by atoms with Crippen molar-refractivity contribution in [2.75, 3.05) is 11.4 Å². The number of hydrogen-bond acceptors (Lipinski definition) is 3. The zero-order valence-electron chi connectivity index (χ0n) is 8.91. The van der Waals surface area contributed by atoms with Crippen LogP contribution in [0.3, 0.4) is 0 Å². The Bertz CT molecular complexity index is 446. The van der Waals surface area contributed by atoms with E-state index >= 15 is 0 Å². The topological polar surface area (TPSA) is 39.9 Å². The van der Waals surface area contributed by atoms with Crippen molar-refractivity contribution in [3.05, 3.63) is 23.9 Å². The van der Waals surface area contributed by atoms with Crippen LogP contribution < -0.4 is 4.90 Å². The molecule has 0 bridgehead atoms. The van der Waals surface area contributed by atoms with Gasteiger partial charge in [-0.1, -0.05) is 6.07 Å². The third kappa shape index (κ3) is 3.09. The third-order valence-electron chi connectivity index (χ3n) is 2.48. The van der Waals surface area contributed by atoms with Gasteiger partial charge >= 0.3 is 6.18 Å². The fourth-order valence-electron chi connectivity index (χ4n) is 1.62. The molecule has 1 aromatic rings. The average Bonchev–Trinajstić information content (AvgIpc) is 3.09. The van der Waals surface area contributed by atoms with Gasteiger partial charge in [-0.05, 0) is 25.0 Å². The van der Waals surface area contributed by atoms with Crippen LogP contribution in [0.1, 0.15) is 18.5 Å². The van der Waals surface area contributed by atoms with Crippen LogP contribution in [0.15, 0.2) is 18.2 Å². The smallest absolute Gasteiger partial charge is 0.344 e. The van der Waals surface area contributed by atoms with E-state index in [2.05, 4.69) is 4.98 Å². The Morgan fingerprint density at radius 1 is 1.41 bits per heavy atom. The highest BCUT2D eigenvalue weighted by Gasteiger charge is 2.38. The summed E-state index contributed by atoms with van der Waals surface area (Å²) >= 11 is 0. The van der Waals surface area contributed by atoms with Crippen molar-refractivity contribution in [2.45, 2.75) is 25.1 Å². The van der Waals surface area contributed by atoms with Gasteiger partial charge in [-0.15, -0.1) is 0 Å². The van der Waals surface area contributed by atoms with Crippen LogP contribution >= 0.6 is 0 Å². The fourth-order valence-corrected chi connectivity index (χ4v) is 1.62. The predicted octanol–water partition coefficient (Wildman–Crippen LogP) is 2.48. The molecule has 1 heterocycles. The number of anilines is 1. The minimum absolute atomic E-state index is 0.0990. The third-order valence-corrected chi connectivity index (χ3v) is 2.48. The lowest BCUT2D eigenvalue weighted by Gasteiger charge is -2.24. The van der Waals surface area contributed by atoms with Crippen molar-refractivity contribution < 1.29 is 13.2 Å². The monoisotopic (exact) mass is 241 g/mol. The van der Waals surface area contributed by atoms with Gasteiger partial charge < -0.3 is 4.90 Å². The van der Waals surface area contributed by atoms with Crippen LogP contribution in [0.4, 0.5) is 19.0 Å². The number of nitrogens with zero attached hydrogens (tertiary/aromatic N) is 3. The van der Waals surface area contributed by atoms with Crippen molar-refractivity contribution in [1.82, 2.24) is 4.98 Å². The molecule has 0 saturated heterocycles. The van der Waals surface area contributed by atoms with E-state index < -0.39 is 12.7 Å². The molecule has 0 unspecified atom stereocenters. The number of alkyl halides is 3. The van der Waals surface area contributed by atoms with Crippen LogP contribution in [0, 0.1) is 11.3 Å². The van der Waals surface area contributed by atoms with Crippen molar-refractivity contribution in [1.29, 1.82) is 5.26 Å². The molecule has 1 saturated carbocycles. The minimum atomic E-state index is -4.26. The second-order valence-corrected chi connectivity index (χ2v) is 3.97. The Morgan fingerprint density at radius 2 is 2.12 bits per heavy atom. The molecular weight excluding hydrogens is 231 g/mol. The van der Waals surface area contributed by atoms with Crippen LogP contribution in [-0.2, 0) is 0 Å². The lowest BCUT2D eigenvalue weighted by molar-refractivity contribution is -0.120. The molecule has 0 atom stereocenters. The Labute approximate surface area is 96.5 Å². The molecule has 90 valence electrons. The molecule has 0 spiro atoms. The second-order valence-electron chi connectivity index (χ2n) is 3.97. The van der Waals surface area contributed by atoms with Crippen molar-refractivity contribution in [3.8, 4) is 6.07 Å². The van der Waals surface area contributed by atoms with Crippen LogP contribution in [0.2, 0.25) is 0 Å². The van der Waals surface area contributed by atoms with E-state index in [-0.39, 0.29) is 17.6 Å². The number of pyridine rings is 1. The largest absolute Gasteiger partial charge is 0.405 e. The molecule has 1 fully saturated rings. The summed E-state index contributed by atoms with van der Waals surface area (Å²) in [4.78, 5) is 5.12. The number of hydrogen-bond donors (Lipinski definition) is 0. The van der Waals surface area contributed by atoms with Gasteiger partial charge in [-0.2, -0.15) is 18.4 Å². The van der Waals surface area contributed by atoms with Gasteiger partial charge in [-0.25, -0.2) is 4.98 Å². The fraction of sp³-hybridized carbons (Fsp3) is 0.455. The van der Waals surface area contributed by atoms with Crippen molar-refractivity contribution >= 4 is 5.82 Å². The summed E-state index contributed by atoms with van der Waals surface area (Å²) in [6.45, 7) is -1.01. The molecule has 17 heavy (non-hydrogen) atoms. The second kappa shape index (κ2) is 4.24. The lowest BCUT2D eigenvalue weighted by Crippen LogP contribution is -2.36. The van der Waals surface area contributed by atoms with E-state index in [1.807, 2.05) is 6.07 Å². The van der Waals surface area contributed by atoms with Gasteiger partial charge in [-0.3, -0.25) is 0 Å². The zero-order valence-corrected chi connectivity index (χ0v) is 8.91. The Kier molecular flexibility index (Phi) is 2.92. The van der Waals surface area contributed by atoms with Gasteiger partial charge in [0, 0.05) is 6.04 Å². The molecule has 1 aliphatic rings. The molecule has 0 aromatic carbocycles. The molecule has 1 aliphatic carbocycles. The maximum atomic E-state index is 12.4. The zero-order chi connectivity index (χ0) is 12.5. The first-order chi connectivity index (χ1) is 7.99. The average molecular weight is 241 g/mol. The standard InChI is InChI=1S/C11H10F3N3/c12-11(13,14)7-17(9-4-5-9)10-3-1-2-8(6-15)16-10/h1-3,9H,4-5,7H2. The van der Waals surface area contributed by atoms with Crippen LogP contribution in [0.25, 0.3) is 0 Å². The summed E-state index contributed by atoms with van der Waals surface area (Å²) in [6.07, 6.45) is -2.77. The maximum absolute atomic E-state index is 12.4. The van der Waals surface area contributed by atoms with E-state index in [1.54, 1.807) is 6.07 Å². The molecule has 3 nitrogen and oxygen atoms in total. The molecule has 0 N–H and O–H groups in total. The summed E-state index contributed by atoms with van der Waals surface area (Å²) in [7, 11) is 0. The van der Waals surface area contributed by atoms with Gasteiger partial charge in [0.25, 0.3) is 0 Å². The number of rotatable bonds is 3. The van der Waals surface area contributed by atoms with E-state index in [1.165, 1.54) is 17.0 Å². The minimum Gasteiger partial charge on any atom is -0.344 e. The molecule has 0 amide bonds. The summed E-state index contributed by atoms with van der Waals surface area (Å²) in [6, 6.07) is 6.25. The van der Waals surface area contributed by atoms with Gasteiger partial charge in [0.1, 0.15) is 24.1 Å². The van der Waals surface area contributed by atoms with E-state index in [0.29, 0.717) is 0 Å². The van der Waals surface area contributed by atoms with Crippen LogP contribution in [0.5, 0.6) is 0 Å².